The average Bonchev–Trinajstić information content (AvgIpc) is 2.87. The average molecular weight is 295 g/mol. The maximum atomic E-state index is 2.61. The van der Waals surface area contributed by atoms with Crippen molar-refractivity contribution in [2.75, 3.05) is 13.1 Å². The monoisotopic (exact) mass is 294 g/mol. The van der Waals surface area contributed by atoms with E-state index in [1.54, 1.807) is 0 Å². The highest BCUT2D eigenvalue weighted by Crippen LogP contribution is 2.22. The predicted molar refractivity (Wildman–Crippen MR) is 94.1 cm³/mol. The van der Waals surface area contributed by atoms with Gasteiger partial charge in [0.05, 0.1) is 0 Å². The predicted octanol–water partition coefficient (Wildman–Crippen LogP) is 5.75. The third-order valence-electron chi connectivity index (χ3n) is 4.57. The van der Waals surface area contributed by atoms with Gasteiger partial charge in [0.15, 0.2) is 0 Å². The van der Waals surface area contributed by atoms with Crippen LogP contribution in [-0.4, -0.2) is 29.1 Å². The molecule has 0 spiro atoms. The van der Waals surface area contributed by atoms with Gasteiger partial charge in [0.1, 0.15) is 6.17 Å². The Morgan fingerprint density at radius 3 is 1.67 bits per heavy atom. The fourth-order valence-corrected chi connectivity index (χ4v) is 3.18. The first-order chi connectivity index (χ1) is 10.3. The van der Waals surface area contributed by atoms with Crippen LogP contribution in [-0.2, 0) is 0 Å². The molecule has 2 nitrogen and oxygen atoms in total. The van der Waals surface area contributed by atoms with Gasteiger partial charge in [0, 0.05) is 25.5 Å². The van der Waals surface area contributed by atoms with Crippen LogP contribution in [0.25, 0.3) is 0 Å². The summed E-state index contributed by atoms with van der Waals surface area (Å²) < 4.78 is 0. The summed E-state index contributed by atoms with van der Waals surface area (Å²) in [7, 11) is 0. The second-order valence-corrected chi connectivity index (χ2v) is 6.52. The first kappa shape index (κ1) is 18.4. The van der Waals surface area contributed by atoms with Crippen LogP contribution in [0.4, 0.5) is 0 Å². The summed E-state index contributed by atoms with van der Waals surface area (Å²) in [5.41, 5.74) is 0. The van der Waals surface area contributed by atoms with Gasteiger partial charge in [-0.2, -0.15) is 0 Å². The number of hydrogen-bond donors (Lipinski definition) is 0. The van der Waals surface area contributed by atoms with E-state index in [4.69, 9.17) is 0 Å². The summed E-state index contributed by atoms with van der Waals surface area (Å²) in [6, 6.07) is 0. The Labute approximate surface area is 133 Å². The Hall–Kier alpha value is -0.660. The number of rotatable bonds is 13. The molecule has 1 aliphatic heterocycles. The molecule has 1 atom stereocenters. The maximum absolute atomic E-state index is 2.61. The summed E-state index contributed by atoms with van der Waals surface area (Å²) in [6.07, 6.45) is 20.3. The van der Waals surface area contributed by atoms with Crippen LogP contribution >= 0.6 is 0 Å². The van der Waals surface area contributed by atoms with Gasteiger partial charge in [-0.3, -0.25) is 0 Å². The molecule has 0 bridgehead atoms. The maximum Gasteiger partial charge on any atom is 0.101 e. The molecular weight excluding hydrogens is 256 g/mol. The van der Waals surface area contributed by atoms with Crippen molar-refractivity contribution < 1.29 is 0 Å². The summed E-state index contributed by atoms with van der Waals surface area (Å²) >= 11 is 0. The Bertz CT molecular complexity index is 262. The number of nitrogens with zero attached hydrogens (tertiary/aromatic N) is 2. The van der Waals surface area contributed by atoms with Crippen LogP contribution in [0.5, 0.6) is 0 Å². The minimum absolute atomic E-state index is 0.648. The van der Waals surface area contributed by atoms with Crippen molar-refractivity contribution >= 4 is 0 Å². The molecular formula is C19H38N2. The van der Waals surface area contributed by atoms with E-state index in [9.17, 15) is 0 Å². The smallest absolute Gasteiger partial charge is 0.101 e. The summed E-state index contributed by atoms with van der Waals surface area (Å²) in [5.74, 6) is 0. The molecule has 0 amide bonds. The molecule has 0 aliphatic carbocycles. The van der Waals surface area contributed by atoms with Gasteiger partial charge >= 0.3 is 0 Å². The Morgan fingerprint density at radius 2 is 1.10 bits per heavy atom. The lowest BCUT2D eigenvalue weighted by molar-refractivity contribution is 0.136. The Morgan fingerprint density at radius 1 is 0.619 bits per heavy atom. The molecule has 1 aliphatic rings. The van der Waals surface area contributed by atoms with Crippen molar-refractivity contribution in [1.29, 1.82) is 0 Å². The SMILES string of the molecule is CCCCCCN1C=CN(CCCCC)C1CCCCC. The van der Waals surface area contributed by atoms with Crippen molar-refractivity contribution in [3.05, 3.63) is 12.4 Å². The van der Waals surface area contributed by atoms with Crippen molar-refractivity contribution in [2.24, 2.45) is 0 Å². The second-order valence-electron chi connectivity index (χ2n) is 6.52. The van der Waals surface area contributed by atoms with Crippen molar-refractivity contribution in [1.82, 2.24) is 9.80 Å². The lowest BCUT2D eigenvalue weighted by Gasteiger charge is -2.33. The van der Waals surface area contributed by atoms with Gasteiger partial charge < -0.3 is 9.80 Å². The largest absolute Gasteiger partial charge is 0.356 e. The molecule has 0 saturated carbocycles. The van der Waals surface area contributed by atoms with E-state index in [-0.39, 0.29) is 0 Å². The molecule has 21 heavy (non-hydrogen) atoms. The van der Waals surface area contributed by atoms with E-state index < -0.39 is 0 Å². The van der Waals surface area contributed by atoms with Crippen LogP contribution < -0.4 is 0 Å². The van der Waals surface area contributed by atoms with Crippen molar-refractivity contribution in [3.63, 3.8) is 0 Å². The molecule has 1 rings (SSSR count). The first-order valence-corrected chi connectivity index (χ1v) is 9.53. The van der Waals surface area contributed by atoms with E-state index >= 15 is 0 Å². The quantitative estimate of drug-likeness (QED) is 0.399. The van der Waals surface area contributed by atoms with Gasteiger partial charge in [-0.25, -0.2) is 0 Å². The minimum Gasteiger partial charge on any atom is -0.356 e. The zero-order chi connectivity index (χ0) is 15.3. The van der Waals surface area contributed by atoms with Crippen molar-refractivity contribution in [2.45, 2.75) is 97.6 Å². The lowest BCUT2D eigenvalue weighted by atomic mass is 10.1. The number of unbranched alkanes of at least 4 members (excludes halogenated alkanes) is 7. The standard InChI is InChI=1S/C19H38N2/c1-4-7-10-13-16-21-18-17-20(15-12-9-6-3)19(21)14-11-8-5-2/h17-19H,4-16H2,1-3H3. The molecule has 0 aromatic carbocycles. The third kappa shape index (κ3) is 7.24. The van der Waals surface area contributed by atoms with Gasteiger partial charge in [-0.05, 0) is 25.7 Å². The van der Waals surface area contributed by atoms with Gasteiger partial charge in [0.25, 0.3) is 0 Å². The molecule has 0 saturated heterocycles. The highest BCUT2D eigenvalue weighted by Gasteiger charge is 2.24. The van der Waals surface area contributed by atoms with E-state index in [0.717, 1.165) is 0 Å². The zero-order valence-electron chi connectivity index (χ0n) is 14.8. The molecule has 0 aromatic heterocycles. The normalized spacial score (nSPS) is 18.0. The molecule has 124 valence electrons. The van der Waals surface area contributed by atoms with Crippen LogP contribution in [0, 0.1) is 0 Å². The molecule has 0 radical (unpaired) electrons. The topological polar surface area (TPSA) is 6.48 Å². The van der Waals surface area contributed by atoms with Gasteiger partial charge in [-0.1, -0.05) is 65.7 Å². The van der Waals surface area contributed by atoms with E-state index in [1.165, 1.54) is 83.7 Å². The molecule has 0 N–H and O–H groups in total. The van der Waals surface area contributed by atoms with Crippen molar-refractivity contribution in [3.8, 4) is 0 Å². The molecule has 0 aromatic rings. The second kappa shape index (κ2) is 11.9. The Kier molecular flexibility index (Phi) is 10.5. The summed E-state index contributed by atoms with van der Waals surface area (Å²) in [5, 5.41) is 0. The summed E-state index contributed by atoms with van der Waals surface area (Å²) in [6.45, 7) is 9.37. The number of hydrogen-bond acceptors (Lipinski definition) is 2. The highest BCUT2D eigenvalue weighted by molar-refractivity contribution is 4.96. The fourth-order valence-electron chi connectivity index (χ4n) is 3.18. The van der Waals surface area contributed by atoms with Crippen LogP contribution in [0.2, 0.25) is 0 Å². The van der Waals surface area contributed by atoms with E-state index in [0.29, 0.717) is 6.17 Å². The van der Waals surface area contributed by atoms with Gasteiger partial charge in [0.2, 0.25) is 0 Å². The molecule has 2 heteroatoms. The Balaban J connectivity index is 2.38. The minimum atomic E-state index is 0.648. The summed E-state index contributed by atoms with van der Waals surface area (Å²) in [4.78, 5) is 5.21. The van der Waals surface area contributed by atoms with Crippen LogP contribution in [0.15, 0.2) is 12.4 Å². The third-order valence-corrected chi connectivity index (χ3v) is 4.57. The first-order valence-electron chi connectivity index (χ1n) is 9.53. The lowest BCUT2D eigenvalue weighted by Crippen LogP contribution is -2.39. The molecule has 1 heterocycles. The fraction of sp³-hybridized carbons (Fsp3) is 0.895. The molecule has 1 unspecified atom stereocenters. The van der Waals surface area contributed by atoms with Crippen LogP contribution in [0.1, 0.15) is 91.4 Å². The molecule has 0 fully saturated rings. The van der Waals surface area contributed by atoms with E-state index in [1.807, 2.05) is 0 Å². The highest BCUT2D eigenvalue weighted by atomic mass is 15.4. The van der Waals surface area contributed by atoms with E-state index in [2.05, 4.69) is 43.0 Å². The van der Waals surface area contributed by atoms with Crippen LogP contribution in [0.3, 0.4) is 0 Å². The zero-order valence-corrected chi connectivity index (χ0v) is 14.8. The van der Waals surface area contributed by atoms with Gasteiger partial charge in [-0.15, -0.1) is 0 Å².